The average molecular weight is 441 g/mol. The van der Waals surface area contributed by atoms with E-state index in [0.717, 1.165) is 40.0 Å². The van der Waals surface area contributed by atoms with E-state index in [9.17, 15) is 4.79 Å². The Morgan fingerprint density at radius 3 is 2.34 bits per heavy atom. The summed E-state index contributed by atoms with van der Waals surface area (Å²) in [5.74, 6) is 7.66. The summed E-state index contributed by atoms with van der Waals surface area (Å²) in [6, 6.07) is 7.24. The molecule has 2 aromatic carbocycles. The minimum Gasteiger partial charge on any atom is -0.493 e. The van der Waals surface area contributed by atoms with E-state index in [1.165, 1.54) is 7.11 Å². The molecule has 7 nitrogen and oxygen atoms in total. The lowest BCUT2D eigenvalue weighted by Gasteiger charge is -2.23. The van der Waals surface area contributed by atoms with Crippen molar-refractivity contribution in [3.05, 3.63) is 45.6 Å². The third kappa shape index (κ3) is 4.38. The van der Waals surface area contributed by atoms with E-state index < -0.39 is 0 Å². The smallest absolute Gasteiger partial charge is 0.220 e. The molecule has 0 aromatic heterocycles. The molecule has 0 radical (unpaired) electrons. The normalized spacial score (nSPS) is 15.2. The number of hydrogen-bond donors (Lipinski definition) is 2. The fourth-order valence-electron chi connectivity index (χ4n) is 4.36. The van der Waals surface area contributed by atoms with Crippen molar-refractivity contribution in [1.82, 2.24) is 0 Å². The van der Waals surface area contributed by atoms with Gasteiger partial charge in [0.2, 0.25) is 11.2 Å². The summed E-state index contributed by atoms with van der Waals surface area (Å²) in [6.07, 6.45) is 1.54. The molecule has 3 rings (SSSR count). The molecule has 2 N–H and O–H groups in total. The van der Waals surface area contributed by atoms with Gasteiger partial charge in [0.1, 0.15) is 19.2 Å². The lowest BCUT2D eigenvalue weighted by atomic mass is 9.95. The lowest BCUT2D eigenvalue weighted by Crippen LogP contribution is -3.09. The maximum atomic E-state index is 12.9. The number of methoxy groups -OCH3 is 4. The van der Waals surface area contributed by atoms with Crippen molar-refractivity contribution in [2.45, 2.75) is 18.9 Å². The summed E-state index contributed by atoms with van der Waals surface area (Å²) in [7, 11) is 8.31. The molecule has 0 saturated heterocycles. The molecule has 0 saturated carbocycles. The highest BCUT2D eigenvalue weighted by atomic mass is 16.5. The van der Waals surface area contributed by atoms with Gasteiger partial charge in [-0.25, -0.2) is 0 Å². The van der Waals surface area contributed by atoms with Gasteiger partial charge in [-0.2, -0.15) is 0 Å². The minimum absolute atomic E-state index is 0.00288. The maximum absolute atomic E-state index is 12.9. The molecule has 0 aliphatic heterocycles. The Balaban J connectivity index is 2.34. The second-order valence-electron chi connectivity index (χ2n) is 7.58. The molecule has 2 unspecified atom stereocenters. The minimum atomic E-state index is -0.184. The van der Waals surface area contributed by atoms with Gasteiger partial charge in [-0.3, -0.25) is 4.79 Å². The van der Waals surface area contributed by atoms with E-state index in [4.69, 9.17) is 24.1 Å². The van der Waals surface area contributed by atoms with Crippen LogP contribution in [0.1, 0.15) is 23.6 Å². The third-order valence-corrected chi connectivity index (χ3v) is 5.89. The van der Waals surface area contributed by atoms with Crippen LogP contribution in [0, 0.1) is 11.8 Å². The van der Waals surface area contributed by atoms with Crippen molar-refractivity contribution < 1.29 is 29.0 Å². The topological polar surface area (TPSA) is 78.7 Å². The van der Waals surface area contributed by atoms with E-state index in [0.29, 0.717) is 23.8 Å². The van der Waals surface area contributed by atoms with Gasteiger partial charge in [-0.1, -0.05) is 5.92 Å². The largest absolute Gasteiger partial charge is 0.493 e. The Morgan fingerprint density at radius 2 is 1.72 bits per heavy atom. The highest BCUT2D eigenvalue weighted by Gasteiger charge is 2.32. The van der Waals surface area contributed by atoms with Crippen LogP contribution in [0.5, 0.6) is 23.0 Å². The molecule has 0 fully saturated rings. The number of aryl methyl sites for hydroxylation is 1. The SMILES string of the molecule is COc1cc2c(c(OC)c1OC)-c1ccc(OC)c(=O)cc1C([NH+](C)CC#CCO)CC2. The Bertz CT molecular complexity index is 1100. The molecule has 0 bridgehead atoms. The van der Waals surface area contributed by atoms with Crippen LogP contribution in [0.25, 0.3) is 11.1 Å². The van der Waals surface area contributed by atoms with E-state index in [2.05, 4.69) is 11.8 Å². The molecule has 32 heavy (non-hydrogen) atoms. The van der Waals surface area contributed by atoms with Crippen LogP contribution in [0.2, 0.25) is 0 Å². The maximum Gasteiger partial charge on any atom is 0.220 e. The molecular weight excluding hydrogens is 410 g/mol. The first kappa shape index (κ1) is 23.5. The molecule has 0 heterocycles. The zero-order chi connectivity index (χ0) is 23.3. The van der Waals surface area contributed by atoms with E-state index in [1.807, 2.05) is 19.2 Å². The van der Waals surface area contributed by atoms with Crippen LogP contribution in [-0.4, -0.2) is 53.7 Å². The predicted octanol–water partition coefficient (Wildman–Crippen LogP) is 1.25. The first-order valence-corrected chi connectivity index (χ1v) is 10.4. The molecule has 1 aliphatic rings. The van der Waals surface area contributed by atoms with Crippen LogP contribution in [0.4, 0.5) is 0 Å². The van der Waals surface area contributed by atoms with Crippen LogP contribution in [0.15, 0.2) is 29.1 Å². The van der Waals surface area contributed by atoms with E-state index >= 15 is 0 Å². The standard InChI is InChI=1S/C25H29NO6/c1-26(12-6-7-13-27)19-10-8-16-14-22(30-3)24(31-4)25(32-5)23(16)17-9-11-21(29-2)20(28)15-18(17)19/h9,11,14-15,19,27H,8,10,12-13H2,1-5H3/p+1. The summed E-state index contributed by atoms with van der Waals surface area (Å²) in [4.78, 5) is 14.0. The van der Waals surface area contributed by atoms with Crippen LogP contribution in [0.3, 0.4) is 0 Å². The Kier molecular flexibility index (Phi) is 7.62. The van der Waals surface area contributed by atoms with Crippen LogP contribution in [-0.2, 0) is 6.42 Å². The van der Waals surface area contributed by atoms with Gasteiger partial charge in [-0.15, -0.1) is 0 Å². The second kappa shape index (κ2) is 10.4. The fourth-order valence-corrected chi connectivity index (χ4v) is 4.36. The summed E-state index contributed by atoms with van der Waals surface area (Å²) in [6.45, 7) is 0.363. The zero-order valence-electron chi connectivity index (χ0n) is 19.2. The van der Waals surface area contributed by atoms with Gasteiger partial charge >= 0.3 is 0 Å². The van der Waals surface area contributed by atoms with E-state index in [1.54, 1.807) is 33.5 Å². The summed E-state index contributed by atoms with van der Waals surface area (Å²) in [5, 5.41) is 9.02. The second-order valence-corrected chi connectivity index (χ2v) is 7.58. The van der Waals surface area contributed by atoms with Crippen molar-refractivity contribution in [3.8, 4) is 46.0 Å². The summed E-state index contributed by atoms with van der Waals surface area (Å²) < 4.78 is 22.3. The van der Waals surface area contributed by atoms with Crippen LogP contribution < -0.4 is 29.3 Å². The number of hydrogen-bond acceptors (Lipinski definition) is 6. The van der Waals surface area contributed by atoms with Crippen molar-refractivity contribution in [3.63, 3.8) is 0 Å². The van der Waals surface area contributed by atoms with Gasteiger partial charge in [0.15, 0.2) is 17.2 Å². The van der Waals surface area contributed by atoms with Gasteiger partial charge < -0.3 is 29.0 Å². The number of aliphatic hydroxyl groups excluding tert-OH is 1. The van der Waals surface area contributed by atoms with Gasteiger partial charge in [0, 0.05) is 17.5 Å². The van der Waals surface area contributed by atoms with Crippen molar-refractivity contribution in [2.75, 3.05) is 48.6 Å². The van der Waals surface area contributed by atoms with Crippen molar-refractivity contribution in [2.24, 2.45) is 0 Å². The average Bonchev–Trinajstić information content (AvgIpc) is 3.05. The first-order chi connectivity index (χ1) is 15.5. The number of aliphatic hydroxyl groups is 1. The number of benzene rings is 1. The predicted molar refractivity (Wildman–Crippen MR) is 122 cm³/mol. The molecule has 170 valence electrons. The number of ether oxygens (including phenoxy) is 4. The third-order valence-electron chi connectivity index (χ3n) is 5.89. The van der Waals surface area contributed by atoms with Gasteiger partial charge in [0.25, 0.3) is 0 Å². The molecule has 0 amide bonds. The number of fused-ring (bicyclic) bond motifs is 3. The molecular formula is C25H30NO6+. The fraction of sp³-hybridized carbons (Fsp3) is 0.400. The van der Waals surface area contributed by atoms with Gasteiger partial charge in [0.05, 0.1) is 35.5 Å². The first-order valence-electron chi connectivity index (χ1n) is 10.4. The Labute approximate surface area is 188 Å². The lowest BCUT2D eigenvalue weighted by molar-refractivity contribution is -0.905. The molecule has 2 aromatic rings. The quantitative estimate of drug-likeness (QED) is 0.659. The van der Waals surface area contributed by atoms with E-state index in [-0.39, 0.29) is 23.8 Å². The number of rotatable bonds is 6. The zero-order valence-corrected chi connectivity index (χ0v) is 19.2. The summed E-state index contributed by atoms with van der Waals surface area (Å²) in [5.41, 5.74) is 3.53. The molecule has 7 heteroatoms. The summed E-state index contributed by atoms with van der Waals surface area (Å²) >= 11 is 0. The Morgan fingerprint density at radius 1 is 1.00 bits per heavy atom. The van der Waals surface area contributed by atoms with Crippen molar-refractivity contribution >= 4 is 0 Å². The number of quaternary nitrogens is 1. The highest BCUT2D eigenvalue weighted by molar-refractivity contribution is 5.82. The monoisotopic (exact) mass is 440 g/mol. The Hall–Kier alpha value is -3.21. The van der Waals surface area contributed by atoms with Gasteiger partial charge in [-0.05, 0) is 47.7 Å². The molecule has 0 spiro atoms. The molecule has 1 aliphatic carbocycles. The number of nitrogens with one attached hydrogen (secondary N) is 1. The highest BCUT2D eigenvalue weighted by Crippen LogP contribution is 2.49. The molecule has 2 atom stereocenters. The van der Waals surface area contributed by atoms with Crippen LogP contribution >= 0.6 is 0 Å². The van der Waals surface area contributed by atoms with Crippen molar-refractivity contribution in [1.29, 1.82) is 0 Å².